The standard InChI is InChI=1S/C16H20ClN5O3S/c1-11(23)20-14-4-3-12(9-13(14)17)26(24,25)22-8-5-18-10-15(22)16-19-6-7-21(16)2/h3-4,6-7,9,15,18H,5,8,10H2,1-2H3,(H,20,23). The molecule has 2 aromatic rings. The number of sulfonamides is 1. The molecule has 3 rings (SSSR count). The Hall–Kier alpha value is -1.94. The fraction of sp³-hybridized carbons (Fsp3) is 0.375. The summed E-state index contributed by atoms with van der Waals surface area (Å²) < 4.78 is 29.7. The fourth-order valence-corrected chi connectivity index (χ4v) is 4.88. The molecular formula is C16H20ClN5O3S. The highest BCUT2D eigenvalue weighted by Gasteiger charge is 2.36. The number of amides is 1. The molecule has 2 heterocycles. The van der Waals surface area contributed by atoms with Gasteiger partial charge in [-0.25, -0.2) is 13.4 Å². The van der Waals surface area contributed by atoms with E-state index in [4.69, 9.17) is 11.6 Å². The van der Waals surface area contributed by atoms with Crippen LogP contribution in [0.1, 0.15) is 18.8 Å². The molecule has 1 saturated heterocycles. The molecule has 1 amide bonds. The zero-order valence-electron chi connectivity index (χ0n) is 14.4. The lowest BCUT2D eigenvalue weighted by atomic mass is 10.2. The predicted octanol–water partition coefficient (Wildman–Crippen LogP) is 1.37. The minimum Gasteiger partial charge on any atom is -0.337 e. The predicted molar refractivity (Wildman–Crippen MR) is 98.5 cm³/mol. The maximum Gasteiger partial charge on any atom is 0.243 e. The lowest BCUT2D eigenvalue weighted by Gasteiger charge is -2.34. The summed E-state index contributed by atoms with van der Waals surface area (Å²) >= 11 is 6.15. The second-order valence-corrected chi connectivity index (χ2v) is 8.35. The summed E-state index contributed by atoms with van der Waals surface area (Å²) in [5.74, 6) is 0.390. The van der Waals surface area contributed by atoms with E-state index in [0.29, 0.717) is 31.1 Å². The van der Waals surface area contributed by atoms with Crippen LogP contribution in [-0.2, 0) is 21.9 Å². The van der Waals surface area contributed by atoms with Crippen molar-refractivity contribution < 1.29 is 13.2 Å². The Bertz CT molecular complexity index is 928. The van der Waals surface area contributed by atoms with Crippen molar-refractivity contribution in [2.24, 2.45) is 7.05 Å². The second kappa shape index (κ2) is 7.36. The molecule has 8 nitrogen and oxygen atoms in total. The highest BCUT2D eigenvalue weighted by atomic mass is 35.5. The molecule has 1 fully saturated rings. The lowest BCUT2D eigenvalue weighted by molar-refractivity contribution is -0.114. The number of imidazole rings is 1. The van der Waals surface area contributed by atoms with Crippen LogP contribution >= 0.6 is 11.6 Å². The summed E-state index contributed by atoms with van der Waals surface area (Å²) in [6.45, 7) is 2.71. The maximum atomic E-state index is 13.2. The van der Waals surface area contributed by atoms with E-state index in [9.17, 15) is 13.2 Å². The number of carbonyl (C=O) groups is 1. The summed E-state index contributed by atoms with van der Waals surface area (Å²) in [6.07, 6.45) is 3.43. The van der Waals surface area contributed by atoms with Crippen molar-refractivity contribution in [3.05, 3.63) is 41.4 Å². The topological polar surface area (TPSA) is 96.3 Å². The number of benzene rings is 1. The molecule has 1 aliphatic rings. The van der Waals surface area contributed by atoms with Crippen LogP contribution in [0.5, 0.6) is 0 Å². The second-order valence-electron chi connectivity index (χ2n) is 6.05. The molecule has 1 unspecified atom stereocenters. The molecule has 0 aliphatic carbocycles. The van der Waals surface area contributed by atoms with Gasteiger partial charge < -0.3 is 15.2 Å². The van der Waals surface area contributed by atoms with E-state index in [1.165, 1.54) is 29.4 Å². The first-order valence-corrected chi connectivity index (χ1v) is 9.89. The molecule has 26 heavy (non-hydrogen) atoms. The van der Waals surface area contributed by atoms with Crippen LogP contribution in [0, 0.1) is 0 Å². The smallest absolute Gasteiger partial charge is 0.243 e. The number of aryl methyl sites for hydroxylation is 1. The number of piperazine rings is 1. The molecule has 0 bridgehead atoms. The summed E-state index contributed by atoms with van der Waals surface area (Å²) in [5.41, 5.74) is 0.374. The van der Waals surface area contributed by atoms with Gasteiger partial charge in [-0.1, -0.05) is 11.6 Å². The normalized spacial score (nSPS) is 18.7. The third-order valence-electron chi connectivity index (χ3n) is 4.21. The summed E-state index contributed by atoms with van der Waals surface area (Å²) in [6, 6.07) is 3.89. The van der Waals surface area contributed by atoms with Crippen LogP contribution in [0.15, 0.2) is 35.5 Å². The largest absolute Gasteiger partial charge is 0.337 e. The molecule has 1 aromatic heterocycles. The zero-order valence-corrected chi connectivity index (χ0v) is 16.0. The molecule has 10 heteroatoms. The third-order valence-corrected chi connectivity index (χ3v) is 6.43. The van der Waals surface area contributed by atoms with E-state index >= 15 is 0 Å². The average Bonchev–Trinajstić information content (AvgIpc) is 3.02. The van der Waals surface area contributed by atoms with Gasteiger partial charge in [0.25, 0.3) is 0 Å². The van der Waals surface area contributed by atoms with Crippen LogP contribution < -0.4 is 10.6 Å². The van der Waals surface area contributed by atoms with Gasteiger partial charge in [-0.3, -0.25) is 4.79 Å². The summed E-state index contributed by atoms with van der Waals surface area (Å²) in [5, 5.41) is 5.95. The number of nitrogens with zero attached hydrogens (tertiary/aromatic N) is 3. The van der Waals surface area contributed by atoms with Gasteiger partial charge in [0.2, 0.25) is 15.9 Å². The molecule has 2 N–H and O–H groups in total. The van der Waals surface area contributed by atoms with Gasteiger partial charge >= 0.3 is 0 Å². The highest BCUT2D eigenvalue weighted by Crippen LogP contribution is 2.31. The van der Waals surface area contributed by atoms with E-state index in [-0.39, 0.29) is 15.8 Å². The van der Waals surface area contributed by atoms with Crippen molar-refractivity contribution in [3.63, 3.8) is 0 Å². The van der Waals surface area contributed by atoms with Crippen LogP contribution in [0.3, 0.4) is 0 Å². The van der Waals surface area contributed by atoms with Crippen molar-refractivity contribution in [1.82, 2.24) is 19.2 Å². The fourth-order valence-electron chi connectivity index (χ4n) is 2.97. The maximum absolute atomic E-state index is 13.2. The Labute approximate surface area is 157 Å². The quantitative estimate of drug-likeness (QED) is 0.812. The highest BCUT2D eigenvalue weighted by molar-refractivity contribution is 7.89. The molecular weight excluding hydrogens is 378 g/mol. The van der Waals surface area contributed by atoms with Crippen molar-refractivity contribution >= 4 is 33.2 Å². The Kier molecular flexibility index (Phi) is 5.33. The molecule has 1 aliphatic heterocycles. The first-order valence-electron chi connectivity index (χ1n) is 8.07. The van der Waals surface area contributed by atoms with Crippen molar-refractivity contribution in [2.75, 3.05) is 25.0 Å². The molecule has 140 valence electrons. The molecule has 0 radical (unpaired) electrons. The van der Waals surface area contributed by atoms with Gasteiger partial charge in [-0.15, -0.1) is 0 Å². The van der Waals surface area contributed by atoms with Crippen LogP contribution in [-0.4, -0.2) is 47.8 Å². The zero-order chi connectivity index (χ0) is 18.9. The van der Waals surface area contributed by atoms with E-state index in [2.05, 4.69) is 15.6 Å². The first-order chi connectivity index (χ1) is 12.3. The Balaban J connectivity index is 1.96. The van der Waals surface area contributed by atoms with Gasteiger partial charge in [-0.2, -0.15) is 4.31 Å². The van der Waals surface area contributed by atoms with Gasteiger partial charge in [0.15, 0.2) is 0 Å². The Morgan fingerprint density at radius 3 is 2.81 bits per heavy atom. The van der Waals surface area contributed by atoms with E-state index in [1.54, 1.807) is 12.4 Å². The van der Waals surface area contributed by atoms with Gasteiger partial charge in [0, 0.05) is 46.0 Å². The Morgan fingerprint density at radius 1 is 1.42 bits per heavy atom. The van der Waals surface area contributed by atoms with Crippen molar-refractivity contribution in [2.45, 2.75) is 17.9 Å². The van der Waals surface area contributed by atoms with Crippen molar-refractivity contribution in [3.8, 4) is 0 Å². The van der Waals surface area contributed by atoms with E-state index in [1.807, 2.05) is 11.6 Å². The van der Waals surface area contributed by atoms with Crippen LogP contribution in [0.2, 0.25) is 5.02 Å². The monoisotopic (exact) mass is 397 g/mol. The number of aromatic nitrogens is 2. The Morgan fingerprint density at radius 2 is 2.19 bits per heavy atom. The average molecular weight is 398 g/mol. The van der Waals surface area contributed by atoms with Gasteiger partial charge in [0.1, 0.15) is 5.82 Å². The van der Waals surface area contributed by atoms with Crippen LogP contribution in [0.25, 0.3) is 0 Å². The molecule has 0 saturated carbocycles. The summed E-state index contributed by atoms with van der Waals surface area (Å²) in [7, 11) is -1.94. The molecule has 0 spiro atoms. The number of nitrogens with one attached hydrogen (secondary N) is 2. The van der Waals surface area contributed by atoms with Gasteiger partial charge in [0.05, 0.1) is 21.6 Å². The SMILES string of the molecule is CC(=O)Nc1ccc(S(=O)(=O)N2CCNCC2c2nccn2C)cc1Cl. The van der Waals surface area contributed by atoms with Crippen LogP contribution in [0.4, 0.5) is 5.69 Å². The minimum atomic E-state index is -3.78. The number of anilines is 1. The third kappa shape index (κ3) is 3.61. The molecule has 1 aromatic carbocycles. The number of hydrogen-bond donors (Lipinski definition) is 2. The lowest BCUT2D eigenvalue weighted by Crippen LogP contribution is -2.49. The van der Waals surface area contributed by atoms with E-state index < -0.39 is 16.1 Å². The van der Waals surface area contributed by atoms with Gasteiger partial charge in [-0.05, 0) is 18.2 Å². The summed E-state index contributed by atoms with van der Waals surface area (Å²) in [4.78, 5) is 15.6. The minimum absolute atomic E-state index is 0.0812. The first kappa shape index (κ1) is 18.8. The number of hydrogen-bond acceptors (Lipinski definition) is 5. The number of rotatable bonds is 4. The number of halogens is 1. The van der Waals surface area contributed by atoms with Crippen molar-refractivity contribution in [1.29, 1.82) is 0 Å². The van der Waals surface area contributed by atoms with E-state index in [0.717, 1.165) is 0 Å². The molecule has 1 atom stereocenters. The number of carbonyl (C=O) groups excluding carboxylic acids is 1.